The van der Waals surface area contributed by atoms with Gasteiger partial charge in [-0.05, 0) is 24.3 Å². The number of carbonyl (C=O) groups is 1. The van der Waals surface area contributed by atoms with Crippen LogP contribution in [0.4, 0.5) is 0 Å². The predicted octanol–water partition coefficient (Wildman–Crippen LogP) is 3.69. The van der Waals surface area contributed by atoms with Gasteiger partial charge in [0, 0.05) is 5.92 Å². The minimum atomic E-state index is -0.579. The lowest BCUT2D eigenvalue weighted by atomic mass is 9.77. The third-order valence-electron chi connectivity index (χ3n) is 3.96. The van der Waals surface area contributed by atoms with Gasteiger partial charge in [-0.2, -0.15) is 5.26 Å². The van der Waals surface area contributed by atoms with Gasteiger partial charge in [-0.3, -0.25) is 4.79 Å². The molecular weight excluding hydrogens is 222 g/mol. The van der Waals surface area contributed by atoms with Gasteiger partial charge in [-0.1, -0.05) is 50.1 Å². The lowest BCUT2D eigenvalue weighted by molar-refractivity contribution is -0.124. The van der Waals surface area contributed by atoms with Crippen LogP contribution in [0.3, 0.4) is 0 Å². The van der Waals surface area contributed by atoms with Gasteiger partial charge in [0.1, 0.15) is 5.92 Å². The Balaban J connectivity index is 2.10. The van der Waals surface area contributed by atoms with Crippen LogP contribution in [-0.2, 0) is 4.79 Å². The Morgan fingerprint density at radius 1 is 1.22 bits per heavy atom. The summed E-state index contributed by atoms with van der Waals surface area (Å²) in [5, 5.41) is 9.26. The van der Waals surface area contributed by atoms with E-state index in [4.69, 9.17) is 0 Å². The molecular formula is C16H19NO. The maximum atomic E-state index is 12.4. The number of benzene rings is 1. The summed E-state index contributed by atoms with van der Waals surface area (Å²) in [6.45, 7) is 2.24. The fourth-order valence-corrected chi connectivity index (χ4v) is 2.73. The molecule has 0 spiro atoms. The van der Waals surface area contributed by atoms with Gasteiger partial charge in [0.15, 0.2) is 5.78 Å². The third-order valence-corrected chi connectivity index (χ3v) is 3.96. The summed E-state index contributed by atoms with van der Waals surface area (Å²) >= 11 is 0. The molecule has 1 aromatic carbocycles. The molecule has 1 aromatic rings. The zero-order valence-electron chi connectivity index (χ0n) is 10.8. The minimum Gasteiger partial charge on any atom is -0.298 e. The molecule has 18 heavy (non-hydrogen) atoms. The summed E-state index contributed by atoms with van der Waals surface area (Å²) in [5.41, 5.74) is 0.837. The predicted molar refractivity (Wildman–Crippen MR) is 70.9 cm³/mol. The molecule has 0 radical (unpaired) electrons. The molecule has 0 aliphatic heterocycles. The number of ketones is 1. The van der Waals surface area contributed by atoms with Crippen molar-refractivity contribution in [2.75, 3.05) is 0 Å². The fourth-order valence-electron chi connectivity index (χ4n) is 2.73. The van der Waals surface area contributed by atoms with Crippen LogP contribution in [0.25, 0.3) is 0 Å². The first-order valence-electron chi connectivity index (χ1n) is 6.70. The zero-order valence-corrected chi connectivity index (χ0v) is 10.8. The standard InChI is InChI=1S/C16H19NO/c1-12-7-9-14(10-8-12)16(18)15(11-17)13-5-3-2-4-6-13/h2-6,12,14-15H,7-10H2,1H3. The molecule has 2 rings (SSSR count). The van der Waals surface area contributed by atoms with Gasteiger partial charge in [-0.15, -0.1) is 0 Å². The maximum Gasteiger partial charge on any atom is 0.157 e. The number of rotatable bonds is 3. The van der Waals surface area contributed by atoms with Crippen LogP contribution in [0.5, 0.6) is 0 Å². The second-order valence-electron chi connectivity index (χ2n) is 5.33. The number of carbonyl (C=O) groups excluding carboxylic acids is 1. The van der Waals surface area contributed by atoms with E-state index in [0.29, 0.717) is 0 Å². The minimum absolute atomic E-state index is 0.0889. The summed E-state index contributed by atoms with van der Waals surface area (Å²) in [7, 11) is 0. The second kappa shape index (κ2) is 5.82. The van der Waals surface area contributed by atoms with Crippen molar-refractivity contribution < 1.29 is 4.79 Å². The van der Waals surface area contributed by atoms with E-state index in [1.54, 1.807) is 0 Å². The van der Waals surface area contributed by atoms with Crippen molar-refractivity contribution >= 4 is 5.78 Å². The van der Waals surface area contributed by atoms with Gasteiger partial charge in [-0.25, -0.2) is 0 Å². The average Bonchev–Trinajstić information content (AvgIpc) is 2.41. The Labute approximate surface area is 109 Å². The molecule has 1 saturated carbocycles. The van der Waals surface area contributed by atoms with Crippen molar-refractivity contribution in [3.63, 3.8) is 0 Å². The maximum absolute atomic E-state index is 12.4. The van der Waals surface area contributed by atoms with Crippen molar-refractivity contribution in [2.24, 2.45) is 11.8 Å². The highest BCUT2D eigenvalue weighted by Gasteiger charge is 2.30. The van der Waals surface area contributed by atoms with Gasteiger partial charge in [0.25, 0.3) is 0 Å². The molecule has 1 fully saturated rings. The average molecular weight is 241 g/mol. The van der Waals surface area contributed by atoms with Crippen molar-refractivity contribution in [2.45, 2.75) is 38.5 Å². The van der Waals surface area contributed by atoms with Crippen molar-refractivity contribution in [1.29, 1.82) is 5.26 Å². The Hall–Kier alpha value is -1.62. The van der Waals surface area contributed by atoms with E-state index < -0.39 is 5.92 Å². The molecule has 0 N–H and O–H groups in total. The highest BCUT2D eigenvalue weighted by atomic mass is 16.1. The smallest absolute Gasteiger partial charge is 0.157 e. The number of nitriles is 1. The number of hydrogen-bond donors (Lipinski definition) is 0. The van der Waals surface area contributed by atoms with Crippen LogP contribution in [-0.4, -0.2) is 5.78 Å². The lowest BCUT2D eigenvalue weighted by Crippen LogP contribution is -2.25. The number of nitrogens with zero attached hydrogens (tertiary/aromatic N) is 1. The van der Waals surface area contributed by atoms with Gasteiger partial charge >= 0.3 is 0 Å². The molecule has 0 aromatic heterocycles. The van der Waals surface area contributed by atoms with Gasteiger partial charge in [0.2, 0.25) is 0 Å². The summed E-state index contributed by atoms with van der Waals surface area (Å²) in [4.78, 5) is 12.4. The molecule has 1 atom stereocenters. The van der Waals surface area contributed by atoms with E-state index in [9.17, 15) is 10.1 Å². The van der Waals surface area contributed by atoms with E-state index >= 15 is 0 Å². The third kappa shape index (κ3) is 2.79. The van der Waals surface area contributed by atoms with Crippen molar-refractivity contribution in [3.8, 4) is 6.07 Å². The molecule has 2 nitrogen and oxygen atoms in total. The van der Waals surface area contributed by atoms with Crippen LogP contribution in [0, 0.1) is 23.2 Å². The van der Waals surface area contributed by atoms with E-state index in [1.807, 2.05) is 30.3 Å². The summed E-state index contributed by atoms with van der Waals surface area (Å²) < 4.78 is 0. The zero-order chi connectivity index (χ0) is 13.0. The first-order chi connectivity index (χ1) is 8.72. The van der Waals surface area contributed by atoms with Crippen molar-refractivity contribution in [1.82, 2.24) is 0 Å². The van der Waals surface area contributed by atoms with Crippen LogP contribution in [0.1, 0.15) is 44.1 Å². The molecule has 1 aliphatic rings. The van der Waals surface area contributed by atoms with E-state index in [1.165, 1.54) is 0 Å². The van der Waals surface area contributed by atoms with E-state index in [-0.39, 0.29) is 11.7 Å². The Kier molecular flexibility index (Phi) is 4.15. The molecule has 0 amide bonds. The van der Waals surface area contributed by atoms with Gasteiger partial charge < -0.3 is 0 Å². The molecule has 2 heteroatoms. The summed E-state index contributed by atoms with van der Waals surface area (Å²) in [6.07, 6.45) is 4.13. The lowest BCUT2D eigenvalue weighted by Gasteiger charge is -2.26. The highest BCUT2D eigenvalue weighted by Crippen LogP contribution is 2.32. The fraction of sp³-hybridized carbons (Fsp3) is 0.500. The van der Waals surface area contributed by atoms with E-state index in [0.717, 1.165) is 37.2 Å². The van der Waals surface area contributed by atoms with Crippen molar-refractivity contribution in [3.05, 3.63) is 35.9 Å². The molecule has 1 unspecified atom stereocenters. The van der Waals surface area contributed by atoms with Gasteiger partial charge in [0.05, 0.1) is 6.07 Å². The largest absolute Gasteiger partial charge is 0.298 e. The summed E-state index contributed by atoms with van der Waals surface area (Å²) in [6, 6.07) is 11.6. The Morgan fingerprint density at radius 2 is 1.83 bits per heavy atom. The van der Waals surface area contributed by atoms with Crippen LogP contribution < -0.4 is 0 Å². The molecule has 0 saturated heterocycles. The molecule has 0 heterocycles. The monoisotopic (exact) mass is 241 g/mol. The van der Waals surface area contributed by atoms with E-state index in [2.05, 4.69) is 13.0 Å². The molecule has 1 aliphatic carbocycles. The quantitative estimate of drug-likeness (QED) is 0.809. The molecule has 94 valence electrons. The van der Waals surface area contributed by atoms with Crippen LogP contribution >= 0.6 is 0 Å². The topological polar surface area (TPSA) is 40.9 Å². The Bertz CT molecular complexity index is 438. The second-order valence-corrected chi connectivity index (χ2v) is 5.33. The number of Topliss-reactive ketones (excluding diaryl/α,β-unsaturated/α-hetero) is 1. The highest BCUT2D eigenvalue weighted by molar-refractivity contribution is 5.90. The van der Waals surface area contributed by atoms with Crippen LogP contribution in [0.2, 0.25) is 0 Å². The first-order valence-corrected chi connectivity index (χ1v) is 6.70. The van der Waals surface area contributed by atoms with Crippen LogP contribution in [0.15, 0.2) is 30.3 Å². The molecule has 0 bridgehead atoms. The SMILES string of the molecule is CC1CCC(C(=O)C(C#N)c2ccccc2)CC1. The first kappa shape index (κ1) is 12.8. The number of hydrogen-bond acceptors (Lipinski definition) is 2. The normalized spacial score (nSPS) is 25.1. The Morgan fingerprint density at radius 3 is 2.39 bits per heavy atom. The summed E-state index contributed by atoms with van der Waals surface area (Å²) in [5.74, 6) is 0.359.